The average Bonchev–Trinajstić information content (AvgIpc) is 2.39. The first-order valence-corrected chi connectivity index (χ1v) is 6.87. The highest BCUT2D eigenvalue weighted by atomic mass is 15.3. The van der Waals surface area contributed by atoms with Gasteiger partial charge in [-0.1, -0.05) is 41.5 Å². The molecular formula is C16H30N2. The lowest BCUT2D eigenvalue weighted by Gasteiger charge is -2.29. The fourth-order valence-electron chi connectivity index (χ4n) is 2.57. The van der Waals surface area contributed by atoms with E-state index in [1.807, 2.05) is 0 Å². The second-order valence-corrected chi connectivity index (χ2v) is 8.40. The van der Waals surface area contributed by atoms with E-state index in [1.165, 1.54) is 17.0 Å². The van der Waals surface area contributed by atoms with Gasteiger partial charge in [0.05, 0.1) is 11.2 Å². The maximum absolute atomic E-state index is 4.94. The molecule has 0 fully saturated rings. The Labute approximate surface area is 113 Å². The molecule has 0 saturated heterocycles. The van der Waals surface area contributed by atoms with Crippen molar-refractivity contribution in [3.05, 3.63) is 17.0 Å². The number of hydrogen-bond donors (Lipinski definition) is 0. The van der Waals surface area contributed by atoms with Gasteiger partial charge in [0, 0.05) is 16.5 Å². The predicted octanol–water partition coefficient (Wildman–Crippen LogP) is 4.54. The average molecular weight is 250 g/mol. The lowest BCUT2D eigenvalue weighted by molar-refractivity contribution is 0.317. The molecule has 0 N–H and O–H groups in total. The van der Waals surface area contributed by atoms with Gasteiger partial charge in [-0.2, -0.15) is 5.10 Å². The number of aromatic nitrogens is 2. The second-order valence-electron chi connectivity index (χ2n) is 8.40. The van der Waals surface area contributed by atoms with Crippen LogP contribution in [0.25, 0.3) is 0 Å². The monoisotopic (exact) mass is 250 g/mol. The molecule has 0 aliphatic carbocycles. The minimum atomic E-state index is 0.0247. The van der Waals surface area contributed by atoms with Gasteiger partial charge < -0.3 is 0 Å². The molecule has 0 bridgehead atoms. The maximum Gasteiger partial charge on any atom is 0.0710 e. The van der Waals surface area contributed by atoms with Crippen molar-refractivity contribution in [3.8, 4) is 0 Å². The Kier molecular flexibility index (Phi) is 3.49. The van der Waals surface area contributed by atoms with Gasteiger partial charge in [0.1, 0.15) is 0 Å². The molecule has 2 nitrogen and oxygen atoms in total. The zero-order valence-electron chi connectivity index (χ0n) is 13.9. The van der Waals surface area contributed by atoms with Crippen LogP contribution in [-0.2, 0) is 16.4 Å². The summed E-state index contributed by atoms with van der Waals surface area (Å²) in [6.45, 7) is 22.4. The summed E-state index contributed by atoms with van der Waals surface area (Å²) < 4.78 is 2.23. The zero-order chi connectivity index (χ0) is 14.5. The summed E-state index contributed by atoms with van der Waals surface area (Å²) in [4.78, 5) is 0. The number of nitrogens with zero attached hydrogens (tertiary/aromatic N) is 2. The van der Waals surface area contributed by atoms with E-state index in [0.29, 0.717) is 0 Å². The van der Waals surface area contributed by atoms with Crippen molar-refractivity contribution in [1.82, 2.24) is 9.78 Å². The molecule has 0 aliphatic rings. The highest BCUT2D eigenvalue weighted by molar-refractivity contribution is 5.34. The van der Waals surface area contributed by atoms with Crippen molar-refractivity contribution in [2.45, 2.75) is 85.6 Å². The van der Waals surface area contributed by atoms with Crippen LogP contribution in [-0.4, -0.2) is 9.78 Å². The summed E-state index contributed by atoms with van der Waals surface area (Å²) in [7, 11) is 0. The molecule has 2 heteroatoms. The van der Waals surface area contributed by atoms with E-state index >= 15 is 0 Å². The predicted molar refractivity (Wildman–Crippen MR) is 79.4 cm³/mol. The van der Waals surface area contributed by atoms with Gasteiger partial charge in [0.15, 0.2) is 0 Å². The molecule has 1 rings (SSSR count). The minimum absolute atomic E-state index is 0.0247. The van der Waals surface area contributed by atoms with Gasteiger partial charge >= 0.3 is 0 Å². The summed E-state index contributed by atoms with van der Waals surface area (Å²) >= 11 is 0. The molecule has 0 radical (unpaired) electrons. The second kappa shape index (κ2) is 4.11. The first kappa shape index (κ1) is 15.3. The fourth-order valence-corrected chi connectivity index (χ4v) is 2.57. The van der Waals surface area contributed by atoms with E-state index < -0.39 is 0 Å². The lowest BCUT2D eigenvalue weighted by atomic mass is 9.83. The molecule has 0 spiro atoms. The van der Waals surface area contributed by atoms with E-state index in [2.05, 4.69) is 73.9 Å². The van der Waals surface area contributed by atoms with Crippen LogP contribution in [0.4, 0.5) is 0 Å². The standard InChI is InChI=1S/C16H30N2/c1-11-12(14(2,3)4)17-18(16(8,9)10)13(11)15(5,6)7/h1-10H3. The fraction of sp³-hybridized carbons (Fsp3) is 0.812. The lowest BCUT2D eigenvalue weighted by Crippen LogP contribution is -2.30. The molecule has 0 saturated carbocycles. The first-order chi connectivity index (χ1) is 7.76. The quantitative estimate of drug-likeness (QED) is 0.661. The van der Waals surface area contributed by atoms with Crippen LogP contribution in [0.5, 0.6) is 0 Å². The topological polar surface area (TPSA) is 17.8 Å². The summed E-state index contributed by atoms with van der Waals surface area (Å²) in [5, 5.41) is 4.94. The van der Waals surface area contributed by atoms with Gasteiger partial charge in [0.2, 0.25) is 0 Å². The molecule has 0 amide bonds. The normalized spacial score (nSPS) is 14.1. The molecular weight excluding hydrogens is 220 g/mol. The molecule has 0 aliphatic heterocycles. The van der Waals surface area contributed by atoms with E-state index in [0.717, 1.165) is 0 Å². The van der Waals surface area contributed by atoms with Crippen LogP contribution in [0.2, 0.25) is 0 Å². The van der Waals surface area contributed by atoms with Gasteiger partial charge in [-0.3, -0.25) is 4.68 Å². The van der Waals surface area contributed by atoms with Crippen LogP contribution < -0.4 is 0 Å². The molecule has 104 valence electrons. The third-order valence-electron chi connectivity index (χ3n) is 3.18. The summed E-state index contributed by atoms with van der Waals surface area (Å²) in [6, 6.07) is 0. The third kappa shape index (κ3) is 2.78. The first-order valence-electron chi connectivity index (χ1n) is 6.87. The van der Waals surface area contributed by atoms with Gasteiger partial charge in [-0.15, -0.1) is 0 Å². The molecule has 1 heterocycles. The van der Waals surface area contributed by atoms with Crippen LogP contribution in [0.15, 0.2) is 0 Å². The molecule has 18 heavy (non-hydrogen) atoms. The van der Waals surface area contributed by atoms with Crippen molar-refractivity contribution in [2.75, 3.05) is 0 Å². The highest BCUT2D eigenvalue weighted by Gasteiger charge is 2.33. The van der Waals surface area contributed by atoms with Crippen LogP contribution >= 0.6 is 0 Å². The largest absolute Gasteiger partial charge is 0.263 e. The molecule has 0 aromatic carbocycles. The zero-order valence-corrected chi connectivity index (χ0v) is 13.9. The van der Waals surface area contributed by atoms with E-state index in [-0.39, 0.29) is 16.4 Å². The Morgan fingerprint density at radius 2 is 1.22 bits per heavy atom. The summed E-state index contributed by atoms with van der Waals surface area (Å²) in [5.41, 5.74) is 4.18. The summed E-state index contributed by atoms with van der Waals surface area (Å²) in [6.07, 6.45) is 0. The molecule has 1 aromatic heterocycles. The Hall–Kier alpha value is -0.790. The molecule has 1 aromatic rings. The molecule has 0 unspecified atom stereocenters. The maximum atomic E-state index is 4.94. The van der Waals surface area contributed by atoms with Gasteiger partial charge in [-0.25, -0.2) is 0 Å². The van der Waals surface area contributed by atoms with Crippen LogP contribution in [0.1, 0.15) is 79.3 Å². The Bertz CT molecular complexity index is 431. The Morgan fingerprint density at radius 3 is 1.44 bits per heavy atom. The van der Waals surface area contributed by atoms with E-state index in [4.69, 9.17) is 5.10 Å². The summed E-state index contributed by atoms with van der Waals surface area (Å²) in [5.74, 6) is 0. The highest BCUT2D eigenvalue weighted by Crippen LogP contribution is 2.35. The van der Waals surface area contributed by atoms with E-state index in [9.17, 15) is 0 Å². The van der Waals surface area contributed by atoms with Crippen LogP contribution in [0.3, 0.4) is 0 Å². The van der Waals surface area contributed by atoms with Crippen molar-refractivity contribution < 1.29 is 0 Å². The van der Waals surface area contributed by atoms with Gasteiger partial charge in [-0.05, 0) is 33.3 Å². The van der Waals surface area contributed by atoms with Gasteiger partial charge in [0.25, 0.3) is 0 Å². The third-order valence-corrected chi connectivity index (χ3v) is 3.18. The van der Waals surface area contributed by atoms with Crippen LogP contribution in [0, 0.1) is 6.92 Å². The smallest absolute Gasteiger partial charge is 0.0710 e. The number of rotatable bonds is 0. The SMILES string of the molecule is Cc1c(C(C)(C)C)nn(C(C)(C)C)c1C(C)(C)C. The Balaban J connectivity index is 3.63. The van der Waals surface area contributed by atoms with E-state index in [1.54, 1.807) is 0 Å². The minimum Gasteiger partial charge on any atom is -0.263 e. The molecule has 0 atom stereocenters. The van der Waals surface area contributed by atoms with Crippen molar-refractivity contribution in [1.29, 1.82) is 0 Å². The Morgan fingerprint density at radius 1 is 0.778 bits per heavy atom. The van der Waals surface area contributed by atoms with Crippen molar-refractivity contribution in [3.63, 3.8) is 0 Å². The number of hydrogen-bond acceptors (Lipinski definition) is 1. The van der Waals surface area contributed by atoms with Crippen molar-refractivity contribution >= 4 is 0 Å². The van der Waals surface area contributed by atoms with Crippen molar-refractivity contribution in [2.24, 2.45) is 0 Å².